The van der Waals surface area contributed by atoms with Gasteiger partial charge >= 0.3 is 158 Å². The molecule has 3 nitrogen and oxygen atoms in total. The third kappa shape index (κ3) is 3.19. The molecule has 0 spiro atoms. The summed E-state index contributed by atoms with van der Waals surface area (Å²) in [6.45, 7) is 0. The minimum atomic E-state index is 0. The second-order valence-corrected chi connectivity index (χ2v) is 6.89. The van der Waals surface area contributed by atoms with Gasteiger partial charge in [0.2, 0.25) is 0 Å². The fourth-order valence-corrected chi connectivity index (χ4v) is 3.67. The number of hydrogen-bond acceptors (Lipinski definition) is 3. The normalized spacial score (nSPS) is 10.8. The van der Waals surface area contributed by atoms with Crippen molar-refractivity contribution >= 4 is 42.5 Å². The first kappa shape index (κ1) is 17.9. The molecule has 0 bridgehead atoms. The van der Waals surface area contributed by atoms with Crippen LogP contribution in [0.2, 0.25) is 0 Å². The number of aromatic nitrogens is 2. The number of furan rings is 1. The quantitative estimate of drug-likeness (QED) is 0.293. The van der Waals surface area contributed by atoms with Gasteiger partial charge in [-0.15, -0.1) is 0 Å². The molecule has 0 saturated carbocycles. The number of benzene rings is 2. The first-order chi connectivity index (χ1) is 12.8. The molecule has 2 aromatic carbocycles. The molecular formula is C22H12N2NiOSe-. The molecule has 3 aromatic heterocycles. The molecule has 0 aliphatic rings. The van der Waals surface area contributed by atoms with Gasteiger partial charge in [-0.25, -0.2) is 0 Å². The average Bonchev–Trinajstić information content (AvgIpc) is 3.08. The van der Waals surface area contributed by atoms with Crippen molar-refractivity contribution < 1.29 is 20.9 Å². The zero-order chi connectivity index (χ0) is 17.5. The van der Waals surface area contributed by atoms with Gasteiger partial charge in [0.1, 0.15) is 0 Å². The van der Waals surface area contributed by atoms with Gasteiger partial charge in [0.25, 0.3) is 0 Å². The first-order valence-corrected chi connectivity index (χ1v) is 9.09. The Morgan fingerprint density at radius 1 is 0.778 bits per heavy atom. The van der Waals surface area contributed by atoms with Crippen molar-refractivity contribution in [1.29, 1.82) is 0 Å². The molecule has 0 amide bonds. The summed E-state index contributed by atoms with van der Waals surface area (Å²) in [5, 5.41) is 1.02. The van der Waals surface area contributed by atoms with E-state index in [0.717, 1.165) is 49.0 Å². The van der Waals surface area contributed by atoms with Crippen LogP contribution in [-0.4, -0.2) is 26.0 Å². The maximum atomic E-state index is 5.91. The Morgan fingerprint density at radius 2 is 1.59 bits per heavy atom. The van der Waals surface area contributed by atoms with Gasteiger partial charge in [0, 0.05) is 16.5 Å². The Bertz CT molecular complexity index is 1250. The van der Waals surface area contributed by atoms with Crippen molar-refractivity contribution in [2.75, 3.05) is 0 Å². The Kier molecular flexibility index (Phi) is 4.84. The summed E-state index contributed by atoms with van der Waals surface area (Å²) in [5.41, 5.74) is 6.13. The molecule has 0 unspecified atom stereocenters. The van der Waals surface area contributed by atoms with E-state index in [0.29, 0.717) is 0 Å². The van der Waals surface area contributed by atoms with Crippen LogP contribution in [-0.2, 0) is 16.5 Å². The molecule has 0 aliphatic heterocycles. The van der Waals surface area contributed by atoms with Gasteiger partial charge in [-0.3, -0.25) is 0 Å². The van der Waals surface area contributed by atoms with E-state index >= 15 is 0 Å². The number of hydrogen-bond donors (Lipinski definition) is 0. The first-order valence-electron chi connectivity index (χ1n) is 8.23. The molecule has 0 saturated heterocycles. The number of fused-ring (bicyclic) bond motifs is 3. The second kappa shape index (κ2) is 7.28. The van der Waals surface area contributed by atoms with Crippen molar-refractivity contribution in [3.05, 3.63) is 79.0 Å². The summed E-state index contributed by atoms with van der Waals surface area (Å²) < 4.78 is 6.95. The van der Waals surface area contributed by atoms with E-state index in [9.17, 15) is 0 Å². The van der Waals surface area contributed by atoms with Gasteiger partial charge in [0.05, 0.1) is 0 Å². The summed E-state index contributed by atoms with van der Waals surface area (Å²) in [5.74, 6) is 0. The molecule has 0 N–H and O–H groups in total. The van der Waals surface area contributed by atoms with Crippen molar-refractivity contribution in [3.8, 4) is 22.5 Å². The summed E-state index contributed by atoms with van der Waals surface area (Å²) >= 11 is 3.10. The number of nitrogens with zero attached hydrogens (tertiary/aromatic N) is 2. The van der Waals surface area contributed by atoms with Crippen LogP contribution in [0.25, 0.3) is 44.6 Å². The molecule has 0 fully saturated rings. The van der Waals surface area contributed by atoms with Crippen molar-refractivity contribution in [2.24, 2.45) is 0 Å². The second-order valence-electron chi connectivity index (χ2n) is 5.97. The van der Waals surface area contributed by atoms with Crippen LogP contribution in [0.5, 0.6) is 0 Å². The zero-order valence-corrected chi connectivity index (χ0v) is 16.7. The Morgan fingerprint density at radius 3 is 2.41 bits per heavy atom. The van der Waals surface area contributed by atoms with Crippen molar-refractivity contribution in [1.82, 2.24) is 9.97 Å². The third-order valence-corrected chi connectivity index (χ3v) is 5.03. The summed E-state index contributed by atoms with van der Waals surface area (Å²) in [7, 11) is 0. The van der Waals surface area contributed by atoms with E-state index in [2.05, 4.69) is 27.1 Å². The van der Waals surface area contributed by atoms with Crippen LogP contribution >= 0.6 is 0 Å². The van der Waals surface area contributed by atoms with E-state index in [4.69, 9.17) is 9.40 Å². The van der Waals surface area contributed by atoms with Gasteiger partial charge in [-0.1, -0.05) is 0 Å². The molecule has 1 radical (unpaired) electrons. The Balaban J connectivity index is 0.00000180. The maximum absolute atomic E-state index is 5.91. The van der Waals surface area contributed by atoms with Crippen LogP contribution in [0.4, 0.5) is 0 Å². The summed E-state index contributed by atoms with van der Waals surface area (Å²) in [6.07, 6.45) is 1.79. The summed E-state index contributed by atoms with van der Waals surface area (Å²) in [4.78, 5) is 9.27. The Labute approximate surface area is 174 Å². The monoisotopic (exact) mass is 458 g/mol. The fourth-order valence-electron chi connectivity index (χ4n) is 3.10. The Hall–Kier alpha value is -2.45. The molecule has 0 atom stereocenters. The van der Waals surface area contributed by atoms with E-state index in [1.807, 2.05) is 66.7 Å². The van der Waals surface area contributed by atoms with Gasteiger partial charge in [-0.05, 0) is 0 Å². The van der Waals surface area contributed by atoms with E-state index < -0.39 is 0 Å². The molecule has 5 rings (SSSR count). The third-order valence-electron chi connectivity index (χ3n) is 4.31. The average molecular weight is 458 g/mol. The van der Waals surface area contributed by atoms with E-state index in [-0.39, 0.29) is 16.5 Å². The molecule has 27 heavy (non-hydrogen) atoms. The predicted octanol–water partition coefficient (Wildman–Crippen LogP) is 4.30. The molecule has 5 heteroatoms. The van der Waals surface area contributed by atoms with Gasteiger partial charge in [0.15, 0.2) is 0 Å². The van der Waals surface area contributed by atoms with Crippen molar-refractivity contribution in [3.63, 3.8) is 0 Å². The topological polar surface area (TPSA) is 38.9 Å². The van der Waals surface area contributed by atoms with Gasteiger partial charge in [-0.2, -0.15) is 0 Å². The van der Waals surface area contributed by atoms with Crippen LogP contribution in [0.3, 0.4) is 0 Å². The zero-order valence-electron chi connectivity index (χ0n) is 14.0. The molecule has 3 heterocycles. The SMILES string of the molecule is [Ni].[Se]c1cccc2oc3ccc(-c4[c-]c(-c5ccccn5)ccc4)nc3c12. The fraction of sp³-hybridized carbons (Fsp3) is 0. The van der Waals surface area contributed by atoms with Crippen LogP contribution < -0.4 is 4.46 Å². The van der Waals surface area contributed by atoms with E-state index in [1.54, 1.807) is 6.20 Å². The predicted molar refractivity (Wildman–Crippen MR) is 104 cm³/mol. The van der Waals surface area contributed by atoms with E-state index in [1.165, 1.54) is 0 Å². The number of pyridine rings is 2. The molecule has 0 aliphatic carbocycles. The van der Waals surface area contributed by atoms with Crippen molar-refractivity contribution in [2.45, 2.75) is 0 Å². The summed E-state index contributed by atoms with van der Waals surface area (Å²) in [6, 6.07) is 25.2. The van der Waals surface area contributed by atoms with Crippen LogP contribution in [0.15, 0.2) is 77.3 Å². The molecular weight excluding hydrogens is 446 g/mol. The standard InChI is InChI=1S/C22H12N2OSe.Ni/c26-20-9-4-8-18-21(20)22-19(25-18)11-10-17(24-22)15-6-3-5-14(13-15)16-7-1-2-12-23-16;/h1-12H;/q-1;. The van der Waals surface area contributed by atoms with Gasteiger partial charge < -0.3 is 0 Å². The van der Waals surface area contributed by atoms with Crippen LogP contribution in [0.1, 0.15) is 0 Å². The number of rotatable bonds is 2. The molecule has 133 valence electrons. The van der Waals surface area contributed by atoms with Crippen LogP contribution in [0, 0.1) is 6.07 Å². The minimum absolute atomic E-state index is 0. The molecule has 5 aromatic rings.